The average molecular weight is 379 g/mol. The Labute approximate surface area is 164 Å². The van der Waals surface area contributed by atoms with E-state index < -0.39 is 0 Å². The smallest absolute Gasteiger partial charge is 0.191 e. The Hall–Kier alpha value is -1.63. The van der Waals surface area contributed by atoms with Gasteiger partial charge in [-0.2, -0.15) is 0 Å². The van der Waals surface area contributed by atoms with Crippen LogP contribution in [0.4, 0.5) is 0 Å². The summed E-state index contributed by atoms with van der Waals surface area (Å²) in [6.45, 7) is 6.32. The van der Waals surface area contributed by atoms with Crippen LogP contribution in [0.3, 0.4) is 0 Å². The number of aryl methyl sites for hydroxylation is 1. The van der Waals surface area contributed by atoms with Gasteiger partial charge in [0.2, 0.25) is 0 Å². The SMILES string of the molecule is COCCCNC(=NCc1nnc(C)n1C)NC(C)CCC1CCCCC1. The lowest BCUT2D eigenvalue weighted by Crippen LogP contribution is -2.43. The molecule has 1 aromatic rings. The monoisotopic (exact) mass is 378 g/mol. The molecular weight excluding hydrogens is 340 g/mol. The summed E-state index contributed by atoms with van der Waals surface area (Å²) in [5.74, 6) is 3.55. The van der Waals surface area contributed by atoms with Gasteiger partial charge >= 0.3 is 0 Å². The van der Waals surface area contributed by atoms with Crippen LogP contribution < -0.4 is 10.6 Å². The van der Waals surface area contributed by atoms with Gasteiger partial charge < -0.3 is 19.9 Å². The number of hydrogen-bond donors (Lipinski definition) is 2. The highest BCUT2D eigenvalue weighted by molar-refractivity contribution is 5.80. The van der Waals surface area contributed by atoms with Crippen LogP contribution in [0.2, 0.25) is 0 Å². The molecule has 0 aliphatic heterocycles. The van der Waals surface area contributed by atoms with Crippen molar-refractivity contribution in [1.29, 1.82) is 0 Å². The first kappa shape index (κ1) is 21.7. The quantitative estimate of drug-likeness (QED) is 0.372. The number of methoxy groups -OCH3 is 1. The van der Waals surface area contributed by atoms with Gasteiger partial charge in [-0.3, -0.25) is 0 Å². The highest BCUT2D eigenvalue weighted by atomic mass is 16.5. The molecule has 1 fully saturated rings. The summed E-state index contributed by atoms with van der Waals surface area (Å²) < 4.78 is 7.12. The fourth-order valence-corrected chi connectivity index (χ4v) is 3.58. The topological polar surface area (TPSA) is 76.4 Å². The van der Waals surface area contributed by atoms with Crippen molar-refractivity contribution >= 4 is 5.96 Å². The molecule has 0 bridgehead atoms. The number of guanidine groups is 1. The lowest BCUT2D eigenvalue weighted by atomic mass is 9.85. The van der Waals surface area contributed by atoms with Gasteiger partial charge in [-0.25, -0.2) is 4.99 Å². The van der Waals surface area contributed by atoms with Crippen LogP contribution in [0.25, 0.3) is 0 Å². The molecule has 1 aliphatic carbocycles. The summed E-state index contributed by atoms with van der Waals surface area (Å²) in [4.78, 5) is 4.73. The zero-order chi connectivity index (χ0) is 19.5. The number of aliphatic imine (C=N–C) groups is 1. The molecule has 1 saturated carbocycles. The number of rotatable bonds is 10. The summed E-state index contributed by atoms with van der Waals surface area (Å²) in [7, 11) is 3.71. The normalized spacial score (nSPS) is 17.1. The van der Waals surface area contributed by atoms with E-state index in [2.05, 4.69) is 27.8 Å². The third kappa shape index (κ3) is 7.87. The van der Waals surface area contributed by atoms with E-state index in [1.165, 1.54) is 44.9 Å². The molecule has 1 aliphatic rings. The van der Waals surface area contributed by atoms with Crippen molar-refractivity contribution in [1.82, 2.24) is 25.4 Å². The van der Waals surface area contributed by atoms with Gasteiger partial charge in [0.25, 0.3) is 0 Å². The standard InChI is InChI=1S/C20H38N6O/c1-16(11-12-18-9-6-5-7-10-18)23-20(21-13-8-14-27-4)22-15-19-25-24-17(2)26(19)3/h16,18H,5-15H2,1-4H3,(H2,21,22,23). The Morgan fingerprint density at radius 1 is 1.30 bits per heavy atom. The Morgan fingerprint density at radius 2 is 2.07 bits per heavy atom. The third-order valence-electron chi connectivity index (χ3n) is 5.49. The van der Waals surface area contributed by atoms with Gasteiger partial charge in [-0.1, -0.05) is 32.1 Å². The second-order valence-corrected chi connectivity index (χ2v) is 7.79. The van der Waals surface area contributed by atoms with Crippen LogP contribution in [-0.4, -0.2) is 47.0 Å². The van der Waals surface area contributed by atoms with Gasteiger partial charge in [0.05, 0.1) is 0 Å². The fraction of sp³-hybridized carbons (Fsp3) is 0.850. The molecule has 7 nitrogen and oxygen atoms in total. The molecule has 27 heavy (non-hydrogen) atoms. The second kappa shape index (κ2) is 12.0. The van der Waals surface area contributed by atoms with Crippen molar-refractivity contribution < 1.29 is 4.74 Å². The van der Waals surface area contributed by atoms with Gasteiger partial charge in [0.1, 0.15) is 12.4 Å². The third-order valence-corrected chi connectivity index (χ3v) is 5.49. The molecule has 154 valence electrons. The first-order chi connectivity index (χ1) is 13.1. The maximum Gasteiger partial charge on any atom is 0.191 e. The minimum atomic E-state index is 0.404. The molecular formula is C20H38N6O. The second-order valence-electron chi connectivity index (χ2n) is 7.79. The van der Waals surface area contributed by atoms with Crippen LogP contribution in [0.15, 0.2) is 4.99 Å². The summed E-state index contributed by atoms with van der Waals surface area (Å²) in [6, 6.07) is 0.404. The van der Waals surface area contributed by atoms with Crippen molar-refractivity contribution in [2.75, 3.05) is 20.3 Å². The van der Waals surface area contributed by atoms with Gasteiger partial charge in [-0.15, -0.1) is 10.2 Å². The molecule has 7 heteroatoms. The molecule has 0 spiro atoms. The number of hydrogen-bond acceptors (Lipinski definition) is 4. The van der Waals surface area contributed by atoms with E-state index in [9.17, 15) is 0 Å². The molecule has 2 rings (SSSR count). The zero-order valence-electron chi connectivity index (χ0n) is 17.6. The minimum absolute atomic E-state index is 0.404. The molecule has 1 heterocycles. The summed E-state index contributed by atoms with van der Waals surface area (Å²) in [5.41, 5.74) is 0. The Balaban J connectivity index is 1.85. The van der Waals surface area contributed by atoms with Gasteiger partial charge in [-0.05, 0) is 39.0 Å². The van der Waals surface area contributed by atoms with E-state index in [1.54, 1.807) is 7.11 Å². The van der Waals surface area contributed by atoms with E-state index in [-0.39, 0.29) is 0 Å². The summed E-state index contributed by atoms with van der Waals surface area (Å²) in [5, 5.41) is 15.3. The first-order valence-corrected chi connectivity index (χ1v) is 10.5. The van der Waals surface area contributed by atoms with Crippen molar-refractivity contribution in [3.63, 3.8) is 0 Å². The van der Waals surface area contributed by atoms with E-state index in [0.717, 1.165) is 43.1 Å². The molecule has 1 aromatic heterocycles. The van der Waals surface area contributed by atoms with E-state index in [0.29, 0.717) is 12.6 Å². The molecule has 0 saturated heterocycles. The predicted octanol–water partition coefficient (Wildman–Crippen LogP) is 2.94. The number of aromatic nitrogens is 3. The van der Waals surface area contributed by atoms with Crippen molar-refractivity contribution in [3.05, 3.63) is 11.6 Å². The lowest BCUT2D eigenvalue weighted by molar-refractivity contribution is 0.195. The Bertz CT molecular complexity index is 565. The largest absolute Gasteiger partial charge is 0.385 e. The van der Waals surface area contributed by atoms with Crippen molar-refractivity contribution in [2.24, 2.45) is 18.0 Å². The molecule has 1 atom stereocenters. The van der Waals surface area contributed by atoms with Crippen LogP contribution in [0.5, 0.6) is 0 Å². The lowest BCUT2D eigenvalue weighted by Gasteiger charge is -2.24. The molecule has 2 N–H and O–H groups in total. The maximum atomic E-state index is 5.14. The highest BCUT2D eigenvalue weighted by Gasteiger charge is 2.15. The highest BCUT2D eigenvalue weighted by Crippen LogP contribution is 2.27. The molecule has 1 unspecified atom stereocenters. The van der Waals surface area contributed by atoms with Crippen LogP contribution >= 0.6 is 0 Å². The number of nitrogens with one attached hydrogen (secondary N) is 2. The minimum Gasteiger partial charge on any atom is -0.385 e. The first-order valence-electron chi connectivity index (χ1n) is 10.5. The van der Waals surface area contributed by atoms with E-state index >= 15 is 0 Å². The van der Waals surface area contributed by atoms with Crippen molar-refractivity contribution in [3.8, 4) is 0 Å². The maximum absolute atomic E-state index is 5.14. The van der Waals surface area contributed by atoms with Crippen LogP contribution in [0, 0.1) is 12.8 Å². The Morgan fingerprint density at radius 3 is 2.74 bits per heavy atom. The van der Waals surface area contributed by atoms with Gasteiger partial charge in [0.15, 0.2) is 11.8 Å². The molecule has 0 amide bonds. The zero-order valence-corrected chi connectivity index (χ0v) is 17.6. The average Bonchev–Trinajstić information content (AvgIpc) is 3.00. The Kier molecular flexibility index (Phi) is 9.59. The predicted molar refractivity (Wildman–Crippen MR) is 110 cm³/mol. The molecule has 0 aromatic carbocycles. The van der Waals surface area contributed by atoms with Gasteiger partial charge in [0, 0.05) is 33.4 Å². The summed E-state index contributed by atoms with van der Waals surface area (Å²) >= 11 is 0. The summed E-state index contributed by atoms with van der Waals surface area (Å²) in [6.07, 6.45) is 10.5. The number of ether oxygens (including phenoxy) is 1. The number of nitrogens with zero attached hydrogens (tertiary/aromatic N) is 4. The van der Waals surface area contributed by atoms with Crippen molar-refractivity contribution in [2.45, 2.75) is 77.8 Å². The van der Waals surface area contributed by atoms with E-state index in [1.807, 2.05) is 18.5 Å². The molecule has 0 radical (unpaired) electrons. The van der Waals surface area contributed by atoms with Crippen LogP contribution in [0.1, 0.15) is 69.9 Å². The van der Waals surface area contributed by atoms with Crippen LogP contribution in [-0.2, 0) is 18.3 Å². The van der Waals surface area contributed by atoms with E-state index in [4.69, 9.17) is 9.73 Å². The fourth-order valence-electron chi connectivity index (χ4n) is 3.58.